The number of hydrogen-bond acceptors (Lipinski definition) is 2. The van der Waals surface area contributed by atoms with Crippen molar-refractivity contribution in [1.29, 1.82) is 0 Å². The van der Waals surface area contributed by atoms with Crippen molar-refractivity contribution < 1.29 is 8.78 Å². The highest BCUT2D eigenvalue weighted by Gasteiger charge is 2.23. The Labute approximate surface area is 126 Å². The van der Waals surface area contributed by atoms with Crippen LogP contribution >= 0.6 is 0 Å². The lowest BCUT2D eigenvalue weighted by Gasteiger charge is -2.34. The van der Waals surface area contributed by atoms with E-state index in [9.17, 15) is 8.78 Å². The molecule has 1 N–H and O–H groups in total. The van der Waals surface area contributed by atoms with E-state index in [-0.39, 0.29) is 6.04 Å². The zero-order valence-corrected chi connectivity index (χ0v) is 13.0. The standard InChI is InChI=1S/C17H26F2N2/c1-3-9-21(12-14-5-4-8-20-11-14)13(2)16-7-6-15(18)10-17(16)19/h6-7,10,13-14,20H,3-5,8-9,11-12H2,1-2H3. The van der Waals surface area contributed by atoms with Crippen LogP contribution < -0.4 is 5.32 Å². The van der Waals surface area contributed by atoms with Gasteiger partial charge in [-0.05, 0) is 57.8 Å². The summed E-state index contributed by atoms with van der Waals surface area (Å²) in [5.41, 5.74) is 0.591. The van der Waals surface area contributed by atoms with Gasteiger partial charge in [-0.25, -0.2) is 8.78 Å². The van der Waals surface area contributed by atoms with Crippen LogP contribution in [-0.2, 0) is 0 Å². The average Bonchev–Trinajstić information content (AvgIpc) is 2.47. The number of hydrogen-bond donors (Lipinski definition) is 1. The van der Waals surface area contributed by atoms with Crippen LogP contribution in [0.4, 0.5) is 8.78 Å². The summed E-state index contributed by atoms with van der Waals surface area (Å²) in [7, 11) is 0. The van der Waals surface area contributed by atoms with Gasteiger partial charge >= 0.3 is 0 Å². The Morgan fingerprint density at radius 1 is 1.38 bits per heavy atom. The van der Waals surface area contributed by atoms with Gasteiger partial charge in [0, 0.05) is 24.2 Å². The summed E-state index contributed by atoms with van der Waals surface area (Å²) in [5, 5.41) is 3.43. The molecule has 1 aliphatic rings. The quantitative estimate of drug-likeness (QED) is 0.860. The highest BCUT2D eigenvalue weighted by atomic mass is 19.1. The van der Waals surface area contributed by atoms with Crippen LogP contribution in [0.15, 0.2) is 18.2 Å². The Morgan fingerprint density at radius 3 is 2.81 bits per heavy atom. The molecule has 0 bridgehead atoms. The Kier molecular flexibility index (Phi) is 6.12. The molecule has 2 nitrogen and oxygen atoms in total. The molecule has 118 valence electrons. The molecule has 2 unspecified atom stereocenters. The van der Waals surface area contributed by atoms with Crippen LogP contribution in [0.2, 0.25) is 0 Å². The molecule has 1 saturated heterocycles. The maximum Gasteiger partial charge on any atom is 0.130 e. The second-order valence-corrected chi connectivity index (χ2v) is 6.05. The van der Waals surface area contributed by atoms with Crippen molar-refractivity contribution >= 4 is 0 Å². The molecule has 21 heavy (non-hydrogen) atoms. The molecule has 1 fully saturated rings. The van der Waals surface area contributed by atoms with E-state index in [1.165, 1.54) is 18.9 Å². The first-order chi connectivity index (χ1) is 10.1. The summed E-state index contributed by atoms with van der Waals surface area (Å²) in [6.45, 7) is 8.21. The normalized spacial score (nSPS) is 20.7. The van der Waals surface area contributed by atoms with Gasteiger partial charge in [-0.2, -0.15) is 0 Å². The third-order valence-corrected chi connectivity index (χ3v) is 4.36. The molecular formula is C17H26F2N2. The summed E-state index contributed by atoms with van der Waals surface area (Å²) in [4.78, 5) is 2.33. The minimum Gasteiger partial charge on any atom is -0.316 e. The van der Waals surface area contributed by atoms with Gasteiger partial charge in [-0.3, -0.25) is 4.90 Å². The fraction of sp³-hybridized carbons (Fsp3) is 0.647. The molecule has 2 atom stereocenters. The SMILES string of the molecule is CCCN(CC1CCCNC1)C(C)c1ccc(F)cc1F. The lowest BCUT2D eigenvalue weighted by Crippen LogP contribution is -2.39. The number of piperidine rings is 1. The van der Waals surface area contributed by atoms with E-state index in [2.05, 4.69) is 17.1 Å². The van der Waals surface area contributed by atoms with E-state index in [4.69, 9.17) is 0 Å². The molecule has 0 aromatic heterocycles. The van der Waals surface area contributed by atoms with E-state index in [0.29, 0.717) is 11.5 Å². The summed E-state index contributed by atoms with van der Waals surface area (Å²) in [5.74, 6) is -0.330. The predicted octanol–water partition coefficient (Wildman–Crippen LogP) is 3.74. The largest absolute Gasteiger partial charge is 0.316 e. The van der Waals surface area contributed by atoms with E-state index in [1.807, 2.05) is 6.92 Å². The first kappa shape index (κ1) is 16.4. The van der Waals surface area contributed by atoms with Crippen molar-refractivity contribution in [1.82, 2.24) is 10.2 Å². The number of nitrogens with zero attached hydrogens (tertiary/aromatic N) is 1. The minimum atomic E-state index is -0.512. The molecule has 1 aliphatic heterocycles. The summed E-state index contributed by atoms with van der Waals surface area (Å²) in [6, 6.07) is 3.89. The molecular weight excluding hydrogens is 270 g/mol. The van der Waals surface area contributed by atoms with Crippen molar-refractivity contribution in [3.8, 4) is 0 Å². The average molecular weight is 296 g/mol. The topological polar surface area (TPSA) is 15.3 Å². The van der Waals surface area contributed by atoms with Gasteiger partial charge in [0.2, 0.25) is 0 Å². The van der Waals surface area contributed by atoms with E-state index < -0.39 is 11.6 Å². The highest BCUT2D eigenvalue weighted by Crippen LogP contribution is 2.26. The number of rotatable bonds is 6. The summed E-state index contributed by atoms with van der Waals surface area (Å²) < 4.78 is 27.1. The first-order valence-electron chi connectivity index (χ1n) is 8.01. The molecule has 1 heterocycles. The van der Waals surface area contributed by atoms with Gasteiger partial charge in [-0.1, -0.05) is 13.0 Å². The van der Waals surface area contributed by atoms with E-state index in [0.717, 1.165) is 38.7 Å². The van der Waals surface area contributed by atoms with Crippen LogP contribution in [0.5, 0.6) is 0 Å². The van der Waals surface area contributed by atoms with E-state index >= 15 is 0 Å². The van der Waals surface area contributed by atoms with Crippen LogP contribution in [-0.4, -0.2) is 31.1 Å². The Balaban J connectivity index is 2.08. The van der Waals surface area contributed by atoms with Crippen LogP contribution in [0.1, 0.15) is 44.7 Å². The molecule has 0 spiro atoms. The maximum absolute atomic E-state index is 14.0. The molecule has 4 heteroatoms. The zero-order valence-electron chi connectivity index (χ0n) is 13.0. The van der Waals surface area contributed by atoms with Gasteiger partial charge < -0.3 is 5.32 Å². The highest BCUT2D eigenvalue weighted by molar-refractivity contribution is 5.21. The van der Waals surface area contributed by atoms with Crippen LogP contribution in [0, 0.1) is 17.6 Å². The Morgan fingerprint density at radius 2 is 2.19 bits per heavy atom. The van der Waals surface area contributed by atoms with Gasteiger partial charge in [0.05, 0.1) is 0 Å². The van der Waals surface area contributed by atoms with Crippen molar-refractivity contribution in [3.05, 3.63) is 35.4 Å². The third kappa shape index (κ3) is 4.48. The maximum atomic E-state index is 14.0. The third-order valence-electron chi connectivity index (χ3n) is 4.36. The van der Waals surface area contributed by atoms with Gasteiger partial charge in [-0.15, -0.1) is 0 Å². The monoisotopic (exact) mass is 296 g/mol. The fourth-order valence-electron chi connectivity index (χ4n) is 3.18. The van der Waals surface area contributed by atoms with E-state index in [1.54, 1.807) is 6.07 Å². The van der Waals surface area contributed by atoms with Crippen molar-refractivity contribution in [2.24, 2.45) is 5.92 Å². The number of benzene rings is 1. The fourth-order valence-corrected chi connectivity index (χ4v) is 3.18. The summed E-state index contributed by atoms with van der Waals surface area (Å²) in [6.07, 6.45) is 3.48. The predicted molar refractivity (Wildman–Crippen MR) is 82.2 cm³/mol. The molecule has 1 aromatic carbocycles. The molecule has 0 saturated carbocycles. The van der Waals surface area contributed by atoms with Crippen LogP contribution in [0.25, 0.3) is 0 Å². The van der Waals surface area contributed by atoms with Crippen molar-refractivity contribution in [2.75, 3.05) is 26.2 Å². The molecule has 1 aromatic rings. The van der Waals surface area contributed by atoms with Crippen LogP contribution in [0.3, 0.4) is 0 Å². The van der Waals surface area contributed by atoms with Gasteiger partial charge in [0.15, 0.2) is 0 Å². The van der Waals surface area contributed by atoms with Crippen molar-refractivity contribution in [2.45, 2.75) is 39.2 Å². The lowest BCUT2D eigenvalue weighted by atomic mass is 9.97. The van der Waals surface area contributed by atoms with Gasteiger partial charge in [0.1, 0.15) is 11.6 Å². The molecule has 0 radical (unpaired) electrons. The molecule has 0 amide bonds. The minimum absolute atomic E-state index is 0.0209. The second-order valence-electron chi connectivity index (χ2n) is 6.05. The number of halogens is 2. The molecule has 2 rings (SSSR count). The van der Waals surface area contributed by atoms with Gasteiger partial charge in [0.25, 0.3) is 0 Å². The molecule has 0 aliphatic carbocycles. The van der Waals surface area contributed by atoms with Crippen molar-refractivity contribution in [3.63, 3.8) is 0 Å². The Bertz CT molecular complexity index is 444. The first-order valence-corrected chi connectivity index (χ1v) is 8.01. The smallest absolute Gasteiger partial charge is 0.130 e. The zero-order chi connectivity index (χ0) is 15.2. The number of nitrogens with one attached hydrogen (secondary N) is 1. The Hall–Kier alpha value is -1.00. The second kappa shape index (κ2) is 7.85. The lowest BCUT2D eigenvalue weighted by molar-refractivity contribution is 0.160. The summed E-state index contributed by atoms with van der Waals surface area (Å²) >= 11 is 0.